The summed E-state index contributed by atoms with van der Waals surface area (Å²) in [6.07, 6.45) is 59.8. The summed E-state index contributed by atoms with van der Waals surface area (Å²) in [5.74, 6) is -0.706. The Hall–Kier alpha value is -1.41. The van der Waals surface area contributed by atoms with E-state index in [1.54, 1.807) is 0 Å². The Kier molecular flexibility index (Phi) is 54.6. The molecule has 0 radical (unpaired) electrons. The van der Waals surface area contributed by atoms with Gasteiger partial charge in [-0.3, -0.25) is 4.79 Å². The molecule has 0 saturated carbocycles. The van der Waals surface area contributed by atoms with Gasteiger partial charge >= 0.3 is 0 Å². The Morgan fingerprint density at radius 3 is 1.09 bits per heavy atom. The minimum atomic E-state index is -1.67. The van der Waals surface area contributed by atoms with Crippen LogP contribution in [0.4, 0.5) is 0 Å². The molecule has 0 spiro atoms. The molecular weight excluding hydrogens is 991 g/mol. The third-order valence-corrected chi connectivity index (χ3v) is 16.7. The molecule has 468 valence electrons. The minimum absolute atomic E-state index is 0.249. The van der Waals surface area contributed by atoms with E-state index >= 15 is 0 Å². The van der Waals surface area contributed by atoms with Crippen molar-refractivity contribution < 1.29 is 50.0 Å². The average molecular weight is 1120 g/mol. The summed E-state index contributed by atoms with van der Waals surface area (Å²) < 4.78 is 11.2. The summed E-state index contributed by atoms with van der Waals surface area (Å²) in [5, 5.41) is 76.4. The molecule has 0 aromatic carbocycles. The molecule has 0 aromatic heterocycles. The Balaban J connectivity index is 2.21. The summed E-state index contributed by atoms with van der Waals surface area (Å²) in [4.78, 5) is 13.2. The van der Waals surface area contributed by atoms with Crippen LogP contribution in [0.2, 0.25) is 0 Å². The fraction of sp³-hybridized carbons (Fsp3) is 0.926. The van der Waals surface area contributed by atoms with Gasteiger partial charge < -0.3 is 50.5 Å². The second kappa shape index (κ2) is 57.0. The Morgan fingerprint density at radius 2 is 0.747 bits per heavy atom. The first-order valence-electron chi connectivity index (χ1n) is 34.2. The van der Waals surface area contributed by atoms with Crippen molar-refractivity contribution in [1.82, 2.24) is 5.32 Å². The number of unbranched alkanes of at least 4 members (excludes halogenated alkanes) is 44. The van der Waals surface area contributed by atoms with Crippen LogP contribution in [0.25, 0.3) is 0 Å². The molecule has 1 heterocycles. The Morgan fingerprint density at radius 1 is 0.430 bits per heavy atom. The number of hydrogen-bond donors (Lipinski definition) is 8. The number of aliphatic hydroxyl groups excluding tert-OH is 7. The molecule has 0 aromatic rings. The Bertz CT molecular complexity index is 1330. The highest BCUT2D eigenvalue weighted by atomic mass is 16.7. The lowest BCUT2D eigenvalue weighted by Crippen LogP contribution is -2.60. The number of amides is 1. The van der Waals surface area contributed by atoms with Crippen molar-refractivity contribution in [2.45, 2.75) is 390 Å². The van der Waals surface area contributed by atoms with E-state index in [4.69, 9.17) is 9.47 Å². The highest BCUT2D eigenvalue weighted by Crippen LogP contribution is 2.24. The third-order valence-electron chi connectivity index (χ3n) is 16.7. The van der Waals surface area contributed by atoms with Gasteiger partial charge in [0.05, 0.1) is 25.4 Å². The molecule has 79 heavy (non-hydrogen) atoms. The fourth-order valence-electron chi connectivity index (χ4n) is 11.2. The predicted molar refractivity (Wildman–Crippen MR) is 330 cm³/mol. The van der Waals surface area contributed by atoms with Crippen molar-refractivity contribution in [3.05, 3.63) is 24.3 Å². The van der Waals surface area contributed by atoms with Gasteiger partial charge in [-0.1, -0.05) is 295 Å². The van der Waals surface area contributed by atoms with Gasteiger partial charge in [-0.25, -0.2) is 0 Å². The van der Waals surface area contributed by atoms with Gasteiger partial charge in [-0.2, -0.15) is 0 Å². The van der Waals surface area contributed by atoms with Crippen LogP contribution in [0.5, 0.6) is 0 Å². The number of hydrogen-bond acceptors (Lipinski definition) is 10. The van der Waals surface area contributed by atoms with E-state index in [0.29, 0.717) is 12.8 Å². The smallest absolute Gasteiger partial charge is 0.249 e. The first-order valence-corrected chi connectivity index (χ1v) is 34.2. The van der Waals surface area contributed by atoms with Crippen molar-refractivity contribution in [3.63, 3.8) is 0 Å². The zero-order valence-electron chi connectivity index (χ0n) is 51.6. The van der Waals surface area contributed by atoms with Crippen LogP contribution in [0.1, 0.15) is 335 Å². The van der Waals surface area contributed by atoms with Gasteiger partial charge in [0.1, 0.15) is 36.6 Å². The van der Waals surface area contributed by atoms with Crippen molar-refractivity contribution in [2.75, 3.05) is 13.2 Å². The third kappa shape index (κ3) is 44.7. The topological polar surface area (TPSA) is 189 Å². The molecule has 9 atom stereocenters. The summed E-state index contributed by atoms with van der Waals surface area (Å²) in [5.41, 5.74) is 0. The first kappa shape index (κ1) is 75.6. The summed E-state index contributed by atoms with van der Waals surface area (Å²) in [7, 11) is 0. The molecular formula is C68H131NO10. The highest BCUT2D eigenvalue weighted by Gasteiger charge is 2.44. The van der Waals surface area contributed by atoms with Crippen LogP contribution >= 0.6 is 0 Å². The number of rotatable bonds is 60. The molecule has 1 aliphatic rings. The Labute approximate surface area is 486 Å². The van der Waals surface area contributed by atoms with Gasteiger partial charge in [0.25, 0.3) is 0 Å². The molecule has 11 heteroatoms. The molecule has 1 aliphatic heterocycles. The summed E-state index contributed by atoms with van der Waals surface area (Å²) in [6, 6.07) is -1.19. The highest BCUT2D eigenvalue weighted by molar-refractivity contribution is 5.80. The lowest BCUT2D eigenvalue weighted by atomic mass is 9.98. The van der Waals surface area contributed by atoms with Crippen molar-refractivity contribution in [1.29, 1.82) is 0 Å². The number of nitrogens with one attached hydrogen (secondary N) is 1. The molecule has 1 amide bonds. The van der Waals surface area contributed by atoms with Crippen LogP contribution in [-0.4, -0.2) is 110 Å². The van der Waals surface area contributed by atoms with Gasteiger partial charge in [0.15, 0.2) is 6.29 Å². The van der Waals surface area contributed by atoms with Crippen LogP contribution in [-0.2, 0) is 14.3 Å². The van der Waals surface area contributed by atoms with E-state index in [1.165, 1.54) is 238 Å². The van der Waals surface area contributed by atoms with Crippen LogP contribution < -0.4 is 5.32 Å². The van der Waals surface area contributed by atoms with Gasteiger partial charge in [-0.15, -0.1) is 0 Å². The van der Waals surface area contributed by atoms with Crippen molar-refractivity contribution in [3.8, 4) is 0 Å². The number of ether oxygens (including phenoxy) is 2. The number of carbonyl (C=O) groups excluding carboxylic acids is 1. The van der Waals surface area contributed by atoms with E-state index < -0.39 is 74.2 Å². The van der Waals surface area contributed by atoms with Gasteiger partial charge in [0.2, 0.25) is 5.91 Å². The van der Waals surface area contributed by atoms with E-state index in [-0.39, 0.29) is 12.8 Å². The molecule has 0 bridgehead atoms. The second-order valence-electron chi connectivity index (χ2n) is 24.2. The van der Waals surface area contributed by atoms with Crippen LogP contribution in [0.15, 0.2) is 24.3 Å². The average Bonchev–Trinajstić information content (AvgIpc) is 3.46. The standard InChI is InChI=1S/C68H131NO10/c1-3-5-7-9-11-13-15-17-19-21-23-25-26-27-28-29-30-31-32-33-34-35-36-38-39-41-43-45-47-49-51-53-55-60(71)63(73)59(58-78-68-66(76)65(75)64(74)62(57-70)79-68)69-67(77)61(72)56-54-52-50-48-46-44-42-40-37-24-22-20-18-16-14-12-10-8-6-4-2/h37,40,47,49,59-66,68,70-76H,3-36,38-39,41-46,48,50-58H2,1-2H3,(H,69,77)/b40-37-,49-47+. The molecule has 1 fully saturated rings. The zero-order valence-corrected chi connectivity index (χ0v) is 51.6. The maximum absolute atomic E-state index is 13.2. The zero-order chi connectivity index (χ0) is 57.5. The molecule has 8 N–H and O–H groups in total. The van der Waals surface area contributed by atoms with E-state index in [9.17, 15) is 40.5 Å². The quantitative estimate of drug-likeness (QED) is 0.0215. The second-order valence-corrected chi connectivity index (χ2v) is 24.2. The fourth-order valence-corrected chi connectivity index (χ4v) is 11.2. The van der Waals surface area contributed by atoms with E-state index in [1.807, 2.05) is 0 Å². The van der Waals surface area contributed by atoms with Crippen molar-refractivity contribution >= 4 is 5.91 Å². The largest absolute Gasteiger partial charge is 0.394 e. The first-order chi connectivity index (χ1) is 38.7. The number of aliphatic hydroxyl groups is 7. The SMILES string of the molecule is CCCCCCCCCCCC/C=C\CCCCCCCCC(O)C(=O)NC(COC1OC(CO)C(O)C(O)C1O)C(O)C(O)CCC/C=C/CCCCCCCCCCCCCCCCCCCCCCCCCCCCC. The maximum Gasteiger partial charge on any atom is 0.249 e. The monoisotopic (exact) mass is 1120 g/mol. The number of allylic oxidation sites excluding steroid dienone is 4. The van der Waals surface area contributed by atoms with Crippen molar-refractivity contribution in [2.24, 2.45) is 0 Å². The lowest BCUT2D eigenvalue weighted by molar-refractivity contribution is -0.303. The molecule has 9 unspecified atom stereocenters. The molecule has 1 saturated heterocycles. The number of carbonyl (C=O) groups is 1. The summed E-state index contributed by atoms with van der Waals surface area (Å²) in [6.45, 7) is 3.49. The molecule has 0 aliphatic carbocycles. The molecule has 1 rings (SSSR count). The molecule has 11 nitrogen and oxygen atoms in total. The maximum atomic E-state index is 13.2. The van der Waals surface area contributed by atoms with Crippen LogP contribution in [0, 0.1) is 0 Å². The van der Waals surface area contributed by atoms with E-state index in [2.05, 4.69) is 43.5 Å². The van der Waals surface area contributed by atoms with Gasteiger partial charge in [0, 0.05) is 0 Å². The van der Waals surface area contributed by atoms with E-state index in [0.717, 1.165) is 57.8 Å². The van der Waals surface area contributed by atoms with Gasteiger partial charge in [-0.05, 0) is 64.2 Å². The van der Waals surface area contributed by atoms with Crippen LogP contribution in [0.3, 0.4) is 0 Å². The minimum Gasteiger partial charge on any atom is -0.394 e. The normalized spacial score (nSPS) is 19.4. The lowest BCUT2D eigenvalue weighted by Gasteiger charge is -2.40. The predicted octanol–water partition coefficient (Wildman–Crippen LogP) is 16.0. The summed E-state index contributed by atoms with van der Waals surface area (Å²) >= 11 is 0.